The Morgan fingerprint density at radius 3 is 1.78 bits per heavy atom. The fraction of sp³-hybridized carbons (Fsp3) is 0.0909. The fourth-order valence-corrected chi connectivity index (χ4v) is 0.784. The van der Waals surface area contributed by atoms with E-state index in [2.05, 4.69) is 9.97 Å². The third-order valence-corrected chi connectivity index (χ3v) is 1.43. The summed E-state index contributed by atoms with van der Waals surface area (Å²) >= 11 is 0. The summed E-state index contributed by atoms with van der Waals surface area (Å²) in [5.41, 5.74) is 0. The van der Waals surface area contributed by atoms with Crippen molar-refractivity contribution in [2.24, 2.45) is 0 Å². The van der Waals surface area contributed by atoms with Gasteiger partial charge in [-0.2, -0.15) is 13.2 Å². The average Bonchev–Trinajstić information content (AvgIpc) is 2.42. The topological polar surface area (TPSA) is 93.0 Å². The standard InChI is InChI=1S/C6H6.C5H6N2O.HNO2S/c1-2-4-6-5-3-1;1-8-5-2-3-6-4-7-5;1-4(2)3/h1-6H;2-4H,1H3;1H. The predicted molar refractivity (Wildman–Crippen MR) is 66.7 cm³/mol. The molecular formula is C11H13N3O3S. The normalized spacial score (nSPS) is 7.83. The molecule has 1 aromatic heterocycles. The lowest BCUT2D eigenvalue weighted by atomic mass is 10.4. The van der Waals surface area contributed by atoms with E-state index in [0.717, 1.165) is 0 Å². The minimum atomic E-state index is -2.61. The van der Waals surface area contributed by atoms with E-state index in [9.17, 15) is 0 Å². The highest BCUT2D eigenvalue weighted by molar-refractivity contribution is 7.60. The summed E-state index contributed by atoms with van der Waals surface area (Å²) in [5.74, 6) is 0.597. The van der Waals surface area contributed by atoms with Crippen LogP contribution >= 0.6 is 0 Å². The van der Waals surface area contributed by atoms with Gasteiger partial charge in [0.1, 0.15) is 6.33 Å². The van der Waals surface area contributed by atoms with Crippen LogP contribution in [0.25, 0.3) is 0 Å². The number of hydrogen-bond acceptors (Lipinski definition) is 6. The first kappa shape index (κ1) is 15.7. The second-order valence-corrected chi connectivity index (χ2v) is 3.11. The molecule has 0 aliphatic carbocycles. The number of methoxy groups -OCH3 is 1. The van der Waals surface area contributed by atoms with E-state index < -0.39 is 10.5 Å². The Morgan fingerprint density at radius 2 is 1.56 bits per heavy atom. The summed E-state index contributed by atoms with van der Waals surface area (Å²) < 4.78 is 27.6. The third-order valence-electron chi connectivity index (χ3n) is 1.43. The number of benzene rings is 1. The van der Waals surface area contributed by atoms with Gasteiger partial charge in [-0.3, -0.25) is 0 Å². The van der Waals surface area contributed by atoms with E-state index >= 15 is 0 Å². The molecule has 1 aromatic carbocycles. The average molecular weight is 267 g/mol. The first-order valence-corrected chi connectivity index (χ1v) is 5.84. The maximum atomic E-state index is 8.67. The zero-order chi connectivity index (χ0) is 13.6. The Morgan fingerprint density at radius 1 is 1.11 bits per heavy atom. The smallest absolute Gasteiger partial charge is 0.308 e. The highest BCUT2D eigenvalue weighted by atomic mass is 32.2. The van der Waals surface area contributed by atoms with Crippen LogP contribution in [0.1, 0.15) is 0 Å². The fourth-order valence-electron chi connectivity index (χ4n) is 0.784. The van der Waals surface area contributed by atoms with Gasteiger partial charge < -0.3 is 4.74 Å². The molecule has 1 N–H and O–H groups in total. The molecule has 0 radical (unpaired) electrons. The van der Waals surface area contributed by atoms with Crippen LogP contribution in [0.3, 0.4) is 0 Å². The summed E-state index contributed by atoms with van der Waals surface area (Å²) in [7, 11) is -1.04. The van der Waals surface area contributed by atoms with Crippen molar-refractivity contribution in [3.63, 3.8) is 0 Å². The summed E-state index contributed by atoms with van der Waals surface area (Å²) in [4.78, 5) is 7.47. The largest absolute Gasteiger partial charge is 0.481 e. The van der Waals surface area contributed by atoms with E-state index in [-0.39, 0.29) is 0 Å². The van der Waals surface area contributed by atoms with Crippen molar-refractivity contribution in [1.29, 1.82) is 4.78 Å². The van der Waals surface area contributed by atoms with Crippen molar-refractivity contribution in [1.82, 2.24) is 9.97 Å². The molecule has 0 aliphatic heterocycles. The molecule has 2 aromatic rings. The summed E-state index contributed by atoms with van der Waals surface area (Å²) in [6.45, 7) is 0. The highest BCUT2D eigenvalue weighted by Gasteiger charge is 1.82. The molecule has 96 valence electrons. The third kappa shape index (κ3) is 11.8. The molecule has 0 saturated heterocycles. The summed E-state index contributed by atoms with van der Waals surface area (Å²) in [5, 5.41) is 0. The van der Waals surface area contributed by atoms with Crippen LogP contribution in [0.5, 0.6) is 5.88 Å². The van der Waals surface area contributed by atoms with Crippen molar-refractivity contribution in [2.45, 2.75) is 0 Å². The quantitative estimate of drug-likeness (QED) is 0.850. The van der Waals surface area contributed by atoms with E-state index in [0.29, 0.717) is 5.88 Å². The van der Waals surface area contributed by atoms with Crippen LogP contribution < -0.4 is 4.74 Å². The zero-order valence-corrected chi connectivity index (χ0v) is 10.5. The summed E-state index contributed by atoms with van der Waals surface area (Å²) in [6, 6.07) is 13.7. The first-order chi connectivity index (χ1) is 8.66. The minimum absolute atomic E-state index is 0.597. The van der Waals surface area contributed by atoms with Crippen molar-refractivity contribution >= 4 is 10.5 Å². The van der Waals surface area contributed by atoms with Crippen molar-refractivity contribution < 1.29 is 13.2 Å². The van der Waals surface area contributed by atoms with E-state index in [1.54, 1.807) is 19.4 Å². The number of ether oxygens (including phenoxy) is 1. The van der Waals surface area contributed by atoms with Gasteiger partial charge in [0.2, 0.25) is 5.88 Å². The van der Waals surface area contributed by atoms with Gasteiger partial charge in [0.05, 0.1) is 7.11 Å². The second kappa shape index (κ2) is 11.2. The van der Waals surface area contributed by atoms with Crippen molar-refractivity contribution in [3.8, 4) is 5.88 Å². The number of rotatable bonds is 1. The lowest BCUT2D eigenvalue weighted by molar-refractivity contribution is 0.397. The number of nitrogens with zero attached hydrogens (tertiary/aromatic N) is 2. The first-order valence-electron chi connectivity index (χ1n) is 4.77. The maximum Gasteiger partial charge on any atom is 0.308 e. The van der Waals surface area contributed by atoms with Crippen LogP contribution in [-0.2, 0) is 10.5 Å². The van der Waals surface area contributed by atoms with Crippen LogP contribution in [0, 0.1) is 4.78 Å². The molecule has 0 saturated carbocycles. The Balaban J connectivity index is 0.000000257. The molecule has 0 fully saturated rings. The lowest BCUT2D eigenvalue weighted by Crippen LogP contribution is -1.85. The van der Waals surface area contributed by atoms with Gasteiger partial charge in [-0.25, -0.2) is 9.97 Å². The van der Waals surface area contributed by atoms with Gasteiger partial charge in [-0.05, 0) is 0 Å². The summed E-state index contributed by atoms with van der Waals surface area (Å²) in [6.07, 6.45) is 3.07. The van der Waals surface area contributed by atoms with Crippen molar-refractivity contribution in [3.05, 3.63) is 55.0 Å². The second-order valence-electron chi connectivity index (χ2n) is 2.64. The van der Waals surface area contributed by atoms with Gasteiger partial charge in [0.25, 0.3) is 0 Å². The molecule has 1 heterocycles. The molecule has 0 atom stereocenters. The SMILES string of the molecule is COc1ccncn1.N=S(=O)=O.c1ccccc1. The number of aromatic nitrogens is 2. The zero-order valence-electron chi connectivity index (χ0n) is 9.72. The molecule has 0 spiro atoms. The predicted octanol–water partition coefficient (Wildman–Crippen LogP) is 1.80. The molecule has 18 heavy (non-hydrogen) atoms. The molecule has 2 rings (SSSR count). The van der Waals surface area contributed by atoms with Crippen LogP contribution in [0.2, 0.25) is 0 Å². The van der Waals surface area contributed by atoms with Gasteiger partial charge in [-0.1, -0.05) is 36.4 Å². The Hall–Kier alpha value is -2.28. The van der Waals surface area contributed by atoms with Gasteiger partial charge in [0, 0.05) is 12.3 Å². The molecule has 7 heteroatoms. The molecule has 0 aliphatic rings. The Labute approximate surface area is 107 Å². The number of hydrogen-bond donors (Lipinski definition) is 1. The molecule has 0 amide bonds. The van der Waals surface area contributed by atoms with Crippen molar-refractivity contribution in [2.75, 3.05) is 7.11 Å². The molecule has 6 nitrogen and oxygen atoms in total. The van der Waals surface area contributed by atoms with Crippen LogP contribution in [0.15, 0.2) is 55.0 Å². The van der Waals surface area contributed by atoms with E-state index in [4.69, 9.17) is 17.9 Å². The highest BCUT2D eigenvalue weighted by Crippen LogP contribution is 1.97. The molecule has 0 bridgehead atoms. The van der Waals surface area contributed by atoms with Gasteiger partial charge >= 0.3 is 10.5 Å². The lowest BCUT2D eigenvalue weighted by Gasteiger charge is -1.91. The number of nitrogens with one attached hydrogen (secondary N) is 1. The van der Waals surface area contributed by atoms with Gasteiger partial charge in [-0.15, -0.1) is 0 Å². The molecule has 0 unspecified atom stereocenters. The van der Waals surface area contributed by atoms with Crippen LogP contribution in [-0.4, -0.2) is 25.5 Å². The molecular weight excluding hydrogens is 254 g/mol. The minimum Gasteiger partial charge on any atom is -0.481 e. The maximum absolute atomic E-state index is 8.67. The Kier molecular flexibility index (Phi) is 9.79. The monoisotopic (exact) mass is 267 g/mol. The van der Waals surface area contributed by atoms with E-state index in [1.165, 1.54) is 6.33 Å². The Bertz CT molecular complexity index is 469. The van der Waals surface area contributed by atoms with Gasteiger partial charge in [0.15, 0.2) is 0 Å². The van der Waals surface area contributed by atoms with Crippen LogP contribution in [0.4, 0.5) is 0 Å². The van der Waals surface area contributed by atoms with E-state index in [1.807, 2.05) is 36.4 Å².